The van der Waals surface area contributed by atoms with E-state index in [9.17, 15) is 35.9 Å². The minimum absolute atomic E-state index is 0.113. The molecule has 1 aromatic rings. The zero-order valence-electron chi connectivity index (χ0n) is 23.6. The fourth-order valence-corrected chi connectivity index (χ4v) is 4.58. The van der Waals surface area contributed by atoms with E-state index in [1.165, 1.54) is 11.8 Å². The SMILES string of the molecule is CC.CC(C)(C)OC(=O)NC(CC=O)Cc1cc(F)c(F)cc1F.CN1CCN2C(=C(Br)NC2(C)C(F)(F)F)C1. The second-order valence-electron chi connectivity index (χ2n) is 10.2. The first kappa shape index (κ1) is 35.5. The van der Waals surface area contributed by atoms with Gasteiger partial charge in [-0.2, -0.15) is 13.2 Å². The maximum absolute atomic E-state index is 13.6. The van der Waals surface area contributed by atoms with Crippen molar-refractivity contribution in [1.82, 2.24) is 20.4 Å². The van der Waals surface area contributed by atoms with Crippen molar-refractivity contribution >= 4 is 28.3 Å². The minimum Gasteiger partial charge on any atom is -0.444 e. The van der Waals surface area contributed by atoms with Crippen LogP contribution in [0.5, 0.6) is 0 Å². The number of ether oxygens (including phenoxy) is 1. The molecule has 0 spiro atoms. The van der Waals surface area contributed by atoms with Gasteiger partial charge in [0.05, 0.1) is 5.70 Å². The Labute approximate surface area is 239 Å². The summed E-state index contributed by atoms with van der Waals surface area (Å²) in [6, 6.07) is 0.349. The van der Waals surface area contributed by atoms with Crippen LogP contribution in [0.25, 0.3) is 0 Å². The standard InChI is InChI=1S/C15H18F3NO3.C9H13BrF3N3.C2H6/c1-15(2,3)22-14(21)19-10(4-5-20)6-9-7-12(17)13(18)8-11(9)16;1-8(9(11,12)13)14-7(10)6-5-15(2)3-4-16(6)8;1-2/h5,7-8,10H,4,6H2,1-3H3,(H,19,21);14H,3-5H2,1-2H3;1-2H3. The largest absolute Gasteiger partial charge is 0.444 e. The van der Waals surface area contributed by atoms with Crippen molar-refractivity contribution < 1.29 is 40.7 Å². The van der Waals surface area contributed by atoms with Gasteiger partial charge in [-0.3, -0.25) is 4.90 Å². The van der Waals surface area contributed by atoms with E-state index in [1.807, 2.05) is 25.8 Å². The van der Waals surface area contributed by atoms with Crippen molar-refractivity contribution in [3.8, 4) is 0 Å². The smallest absolute Gasteiger partial charge is 0.430 e. The van der Waals surface area contributed by atoms with Crippen molar-refractivity contribution in [3.05, 3.63) is 45.5 Å². The quantitative estimate of drug-likeness (QED) is 0.181. The Morgan fingerprint density at radius 1 is 1.15 bits per heavy atom. The van der Waals surface area contributed by atoms with Crippen molar-refractivity contribution in [3.63, 3.8) is 0 Å². The highest BCUT2D eigenvalue weighted by atomic mass is 79.9. The minimum atomic E-state index is -4.30. The molecular formula is C26H37BrF6N4O3. The summed E-state index contributed by atoms with van der Waals surface area (Å²) in [5.41, 5.74) is -2.18. The predicted molar refractivity (Wildman–Crippen MR) is 143 cm³/mol. The number of nitrogens with zero attached hydrogens (tertiary/aromatic N) is 2. The maximum atomic E-state index is 13.6. The zero-order valence-corrected chi connectivity index (χ0v) is 25.2. The highest BCUT2D eigenvalue weighted by molar-refractivity contribution is 9.11. The Morgan fingerprint density at radius 3 is 2.25 bits per heavy atom. The second-order valence-corrected chi connectivity index (χ2v) is 10.9. The fraction of sp³-hybridized carbons (Fsp3) is 0.615. The molecule has 1 aromatic carbocycles. The number of carbonyl (C=O) groups excluding carboxylic acids is 2. The Balaban J connectivity index is 0.000000391. The van der Waals surface area contributed by atoms with Gasteiger partial charge in [0.25, 0.3) is 0 Å². The van der Waals surface area contributed by atoms with E-state index >= 15 is 0 Å². The zero-order chi connectivity index (χ0) is 31.1. The average Bonchev–Trinajstić information content (AvgIpc) is 3.08. The van der Waals surface area contributed by atoms with Crippen LogP contribution in [0.2, 0.25) is 0 Å². The van der Waals surface area contributed by atoms with Crippen LogP contribution in [0.15, 0.2) is 22.4 Å². The normalized spacial score (nSPS) is 19.8. The molecule has 2 aliphatic heterocycles. The fourth-order valence-electron chi connectivity index (χ4n) is 3.85. The predicted octanol–water partition coefficient (Wildman–Crippen LogP) is 5.83. The first-order valence-electron chi connectivity index (χ1n) is 12.6. The number of carbonyl (C=O) groups is 2. The van der Waals surface area contributed by atoms with Gasteiger partial charge in [0, 0.05) is 38.2 Å². The third-order valence-electron chi connectivity index (χ3n) is 5.81. The lowest BCUT2D eigenvalue weighted by Crippen LogP contribution is -2.63. The van der Waals surface area contributed by atoms with Gasteiger partial charge in [0.1, 0.15) is 22.3 Å². The van der Waals surface area contributed by atoms with Crippen LogP contribution in [0.1, 0.15) is 53.5 Å². The summed E-state index contributed by atoms with van der Waals surface area (Å²) in [4.78, 5) is 25.7. The number of amides is 1. The van der Waals surface area contributed by atoms with Gasteiger partial charge in [-0.25, -0.2) is 18.0 Å². The molecule has 1 amide bonds. The molecule has 7 nitrogen and oxygen atoms in total. The van der Waals surface area contributed by atoms with Crippen LogP contribution in [0.3, 0.4) is 0 Å². The summed E-state index contributed by atoms with van der Waals surface area (Å²) >= 11 is 3.18. The molecule has 2 heterocycles. The number of alkyl carbamates (subject to hydrolysis) is 1. The number of benzene rings is 1. The molecule has 1 saturated heterocycles. The van der Waals surface area contributed by atoms with Crippen molar-refractivity contribution in [2.24, 2.45) is 0 Å². The molecule has 2 atom stereocenters. The van der Waals surface area contributed by atoms with E-state index in [1.54, 1.807) is 20.8 Å². The summed E-state index contributed by atoms with van der Waals surface area (Å²) in [6.45, 7) is 11.7. The number of halogens is 7. The average molecular weight is 647 g/mol. The number of likely N-dealkylation sites (N-methyl/N-ethyl adjacent to an activating group) is 1. The summed E-state index contributed by atoms with van der Waals surface area (Å²) in [7, 11) is 1.90. The van der Waals surface area contributed by atoms with Gasteiger partial charge in [0.15, 0.2) is 11.6 Å². The van der Waals surface area contributed by atoms with Crippen LogP contribution in [-0.2, 0) is 16.0 Å². The molecule has 40 heavy (non-hydrogen) atoms. The van der Waals surface area contributed by atoms with Gasteiger partial charge in [-0.15, -0.1) is 0 Å². The number of hydrogen-bond acceptors (Lipinski definition) is 6. The number of hydrogen-bond donors (Lipinski definition) is 2. The Kier molecular flexibility index (Phi) is 12.8. The Bertz CT molecular complexity index is 1060. The summed E-state index contributed by atoms with van der Waals surface area (Å²) in [5.74, 6) is -3.44. The van der Waals surface area contributed by atoms with Crippen molar-refractivity contribution in [2.45, 2.75) is 77.9 Å². The molecule has 0 aromatic heterocycles. The monoisotopic (exact) mass is 646 g/mol. The molecule has 0 saturated carbocycles. The van der Waals surface area contributed by atoms with Gasteiger partial charge in [0.2, 0.25) is 5.66 Å². The van der Waals surface area contributed by atoms with Crippen LogP contribution < -0.4 is 10.6 Å². The highest BCUT2D eigenvalue weighted by Gasteiger charge is 2.59. The lowest BCUT2D eigenvalue weighted by Gasteiger charge is -2.43. The summed E-state index contributed by atoms with van der Waals surface area (Å²) in [5, 5.41) is 4.91. The van der Waals surface area contributed by atoms with Crippen LogP contribution >= 0.6 is 15.9 Å². The summed E-state index contributed by atoms with van der Waals surface area (Å²) in [6.07, 6.45) is -4.82. The van der Waals surface area contributed by atoms with Gasteiger partial charge in [-0.1, -0.05) is 13.8 Å². The third kappa shape index (κ3) is 9.57. The van der Waals surface area contributed by atoms with E-state index in [-0.39, 0.29) is 18.4 Å². The Hall–Kier alpha value is -2.48. The molecule has 0 bridgehead atoms. The molecule has 2 aliphatic rings. The topological polar surface area (TPSA) is 73.9 Å². The molecule has 14 heteroatoms. The van der Waals surface area contributed by atoms with Crippen LogP contribution in [-0.4, -0.2) is 72.3 Å². The van der Waals surface area contributed by atoms with Crippen LogP contribution in [0.4, 0.5) is 31.1 Å². The van der Waals surface area contributed by atoms with E-state index < -0.39 is 47.0 Å². The number of alkyl halides is 3. The number of nitrogens with one attached hydrogen (secondary N) is 2. The van der Waals surface area contributed by atoms with Gasteiger partial charge in [-0.05, 0) is 68.7 Å². The van der Waals surface area contributed by atoms with E-state index in [4.69, 9.17) is 4.74 Å². The van der Waals surface area contributed by atoms with Crippen LogP contribution in [0, 0.1) is 17.5 Å². The second kappa shape index (κ2) is 14.4. The van der Waals surface area contributed by atoms with E-state index in [0.29, 0.717) is 48.4 Å². The lowest BCUT2D eigenvalue weighted by atomic mass is 10.0. The molecular weight excluding hydrogens is 610 g/mol. The number of aldehydes is 1. The van der Waals surface area contributed by atoms with E-state index in [2.05, 4.69) is 26.6 Å². The molecule has 0 aliphatic carbocycles. The first-order chi connectivity index (χ1) is 18.4. The maximum Gasteiger partial charge on any atom is 0.430 e. The highest BCUT2D eigenvalue weighted by Crippen LogP contribution is 2.42. The number of fused-ring (bicyclic) bond motifs is 1. The Morgan fingerprint density at radius 2 is 1.73 bits per heavy atom. The van der Waals surface area contributed by atoms with Gasteiger partial charge < -0.3 is 25.1 Å². The molecule has 228 valence electrons. The van der Waals surface area contributed by atoms with Gasteiger partial charge >= 0.3 is 12.3 Å². The first-order valence-corrected chi connectivity index (χ1v) is 13.4. The number of piperazine rings is 1. The molecule has 1 fully saturated rings. The van der Waals surface area contributed by atoms with Crippen molar-refractivity contribution in [1.29, 1.82) is 0 Å². The molecule has 2 N–H and O–H groups in total. The lowest BCUT2D eigenvalue weighted by molar-refractivity contribution is -0.225. The third-order valence-corrected chi connectivity index (χ3v) is 6.46. The number of rotatable bonds is 5. The molecule has 2 unspecified atom stereocenters. The molecule has 0 radical (unpaired) electrons. The van der Waals surface area contributed by atoms with Crippen molar-refractivity contribution in [2.75, 3.05) is 26.7 Å². The molecule has 3 rings (SSSR count). The van der Waals surface area contributed by atoms with E-state index in [0.717, 1.165) is 0 Å². The summed E-state index contributed by atoms with van der Waals surface area (Å²) < 4.78 is 84.2.